The average molecular weight is 365 g/mol. The van der Waals surface area contributed by atoms with Crippen molar-refractivity contribution >= 4 is 12.2 Å². The number of nitrogens with zero attached hydrogens (tertiary/aromatic N) is 2. The Bertz CT molecular complexity index is 804. The van der Waals surface area contributed by atoms with Gasteiger partial charge in [-0.05, 0) is 43.0 Å². The van der Waals surface area contributed by atoms with Crippen molar-refractivity contribution in [3.8, 4) is 11.1 Å². The first kappa shape index (κ1) is 19.1. The predicted molar refractivity (Wildman–Crippen MR) is 109 cm³/mol. The Morgan fingerprint density at radius 2 is 1.96 bits per heavy atom. The molecule has 0 aromatic heterocycles. The maximum atomic E-state index is 11.1. The first-order valence-electron chi connectivity index (χ1n) is 9.51. The molecule has 3 rings (SSSR count). The Kier molecular flexibility index (Phi) is 6.60. The van der Waals surface area contributed by atoms with Crippen molar-refractivity contribution in [3.63, 3.8) is 0 Å². The first-order chi connectivity index (χ1) is 13.1. The van der Waals surface area contributed by atoms with Crippen molar-refractivity contribution in [3.05, 3.63) is 59.7 Å². The van der Waals surface area contributed by atoms with Gasteiger partial charge in [-0.3, -0.25) is 4.79 Å². The molecule has 142 valence electrons. The highest BCUT2D eigenvalue weighted by atomic mass is 16.4. The Morgan fingerprint density at radius 1 is 1.22 bits per heavy atom. The Hall–Kier alpha value is -2.66. The van der Waals surface area contributed by atoms with E-state index in [1.807, 2.05) is 24.4 Å². The Balaban J connectivity index is 1.55. The molecule has 27 heavy (non-hydrogen) atoms. The molecular formula is C22H27N3O2. The summed E-state index contributed by atoms with van der Waals surface area (Å²) in [5.41, 5.74) is 7.79. The van der Waals surface area contributed by atoms with Gasteiger partial charge in [-0.2, -0.15) is 5.10 Å². The number of carboxylic acids is 1. The fourth-order valence-electron chi connectivity index (χ4n) is 3.58. The first-order valence-corrected chi connectivity index (χ1v) is 9.51. The number of piperidine rings is 1. The molecule has 1 aliphatic rings. The van der Waals surface area contributed by atoms with Crippen molar-refractivity contribution in [2.75, 3.05) is 26.2 Å². The minimum Gasteiger partial charge on any atom is -0.481 e. The summed E-state index contributed by atoms with van der Waals surface area (Å²) in [7, 11) is 0. The van der Waals surface area contributed by atoms with Gasteiger partial charge in [0, 0.05) is 25.2 Å². The van der Waals surface area contributed by atoms with Gasteiger partial charge in [0.2, 0.25) is 0 Å². The molecular weight excluding hydrogens is 338 g/mol. The van der Waals surface area contributed by atoms with Gasteiger partial charge in [-0.25, -0.2) is 0 Å². The van der Waals surface area contributed by atoms with Gasteiger partial charge in [-0.1, -0.05) is 48.5 Å². The Labute approximate surface area is 160 Å². The van der Waals surface area contributed by atoms with E-state index in [0.29, 0.717) is 13.1 Å². The van der Waals surface area contributed by atoms with Gasteiger partial charge in [0.15, 0.2) is 0 Å². The molecule has 1 saturated heterocycles. The van der Waals surface area contributed by atoms with Crippen LogP contribution in [0.2, 0.25) is 0 Å². The molecule has 1 unspecified atom stereocenters. The highest BCUT2D eigenvalue weighted by Crippen LogP contribution is 2.25. The zero-order chi connectivity index (χ0) is 19.1. The van der Waals surface area contributed by atoms with Gasteiger partial charge in [-0.15, -0.1) is 0 Å². The standard InChI is InChI=1S/C22H27N3O2/c1-17-7-2-4-10-20(17)21-11-5-3-8-18(21)15-24-23-12-14-25-13-6-9-19(16-25)22(26)27/h2-5,7-8,10-11,15,19,23H,6,9,12-14,16H2,1H3,(H,26,27)/b24-15+. The van der Waals surface area contributed by atoms with Gasteiger partial charge in [0.05, 0.1) is 12.1 Å². The van der Waals surface area contributed by atoms with Gasteiger partial charge < -0.3 is 15.4 Å². The lowest BCUT2D eigenvalue weighted by atomic mass is 9.97. The molecule has 2 aromatic rings. The Morgan fingerprint density at radius 3 is 2.74 bits per heavy atom. The predicted octanol–water partition coefficient (Wildman–Crippen LogP) is 3.38. The third-order valence-corrected chi connectivity index (χ3v) is 5.09. The third kappa shape index (κ3) is 5.17. The molecule has 5 heteroatoms. The fraction of sp³-hybridized carbons (Fsp3) is 0.364. The van der Waals surface area contributed by atoms with E-state index in [9.17, 15) is 4.79 Å². The van der Waals surface area contributed by atoms with E-state index in [1.165, 1.54) is 16.7 Å². The molecule has 1 fully saturated rings. The second-order valence-corrected chi connectivity index (χ2v) is 7.05. The summed E-state index contributed by atoms with van der Waals surface area (Å²) < 4.78 is 0. The monoisotopic (exact) mass is 365 g/mol. The number of carbonyl (C=O) groups is 1. The van der Waals surface area contributed by atoms with Crippen LogP contribution in [0.5, 0.6) is 0 Å². The normalized spacial score (nSPS) is 17.9. The lowest BCUT2D eigenvalue weighted by molar-refractivity contribution is -0.143. The van der Waals surface area contributed by atoms with Crippen LogP contribution in [0.3, 0.4) is 0 Å². The molecule has 0 radical (unpaired) electrons. The number of benzene rings is 2. The van der Waals surface area contributed by atoms with Crippen molar-refractivity contribution in [2.24, 2.45) is 11.0 Å². The van der Waals surface area contributed by atoms with Crippen molar-refractivity contribution in [1.29, 1.82) is 0 Å². The summed E-state index contributed by atoms with van der Waals surface area (Å²) >= 11 is 0. The zero-order valence-electron chi connectivity index (χ0n) is 15.8. The topological polar surface area (TPSA) is 64.9 Å². The molecule has 1 heterocycles. The highest BCUT2D eigenvalue weighted by molar-refractivity contribution is 5.90. The summed E-state index contributed by atoms with van der Waals surface area (Å²) in [4.78, 5) is 13.3. The largest absolute Gasteiger partial charge is 0.481 e. The third-order valence-electron chi connectivity index (χ3n) is 5.09. The van der Waals surface area contributed by atoms with E-state index in [-0.39, 0.29) is 5.92 Å². The van der Waals surface area contributed by atoms with Crippen LogP contribution in [0.4, 0.5) is 0 Å². The number of likely N-dealkylation sites (tertiary alicyclic amines) is 1. The minimum absolute atomic E-state index is 0.233. The second kappa shape index (κ2) is 9.33. The van der Waals surface area contributed by atoms with E-state index >= 15 is 0 Å². The molecule has 0 bridgehead atoms. The quantitative estimate of drug-likeness (QED) is 0.448. The number of aliphatic carboxylic acids is 1. The number of rotatable bonds is 7. The molecule has 2 aromatic carbocycles. The average Bonchev–Trinajstić information content (AvgIpc) is 2.69. The number of hydrogen-bond donors (Lipinski definition) is 2. The summed E-state index contributed by atoms with van der Waals surface area (Å²) in [6.45, 7) is 5.22. The minimum atomic E-state index is -0.682. The summed E-state index contributed by atoms with van der Waals surface area (Å²) in [6, 6.07) is 16.6. The summed E-state index contributed by atoms with van der Waals surface area (Å²) in [6.07, 6.45) is 3.59. The zero-order valence-corrected chi connectivity index (χ0v) is 15.8. The number of nitrogens with one attached hydrogen (secondary N) is 1. The van der Waals surface area contributed by atoms with Crippen LogP contribution in [0.25, 0.3) is 11.1 Å². The molecule has 0 saturated carbocycles. The SMILES string of the molecule is Cc1ccccc1-c1ccccc1/C=N/NCCN1CCCC(C(=O)O)C1. The number of aryl methyl sites for hydroxylation is 1. The van der Waals surface area contributed by atoms with Gasteiger partial charge in [0.25, 0.3) is 0 Å². The molecule has 1 aliphatic heterocycles. The van der Waals surface area contributed by atoms with Crippen molar-refractivity contribution < 1.29 is 9.90 Å². The second-order valence-electron chi connectivity index (χ2n) is 7.05. The summed E-state index contributed by atoms with van der Waals surface area (Å²) in [5.74, 6) is -0.915. The van der Waals surface area contributed by atoms with Crippen molar-refractivity contribution in [1.82, 2.24) is 10.3 Å². The van der Waals surface area contributed by atoms with Gasteiger partial charge in [0.1, 0.15) is 0 Å². The van der Waals surface area contributed by atoms with Crippen LogP contribution in [0.1, 0.15) is 24.0 Å². The van der Waals surface area contributed by atoms with Crippen LogP contribution in [0, 0.1) is 12.8 Å². The summed E-state index contributed by atoms with van der Waals surface area (Å²) in [5, 5.41) is 13.5. The van der Waals surface area contributed by atoms with E-state index in [0.717, 1.165) is 31.5 Å². The smallest absolute Gasteiger partial charge is 0.307 e. The highest BCUT2D eigenvalue weighted by Gasteiger charge is 2.24. The fourth-order valence-corrected chi connectivity index (χ4v) is 3.58. The van der Waals surface area contributed by atoms with Crippen LogP contribution in [0.15, 0.2) is 53.6 Å². The maximum absolute atomic E-state index is 11.1. The van der Waals surface area contributed by atoms with Crippen LogP contribution < -0.4 is 5.43 Å². The van der Waals surface area contributed by atoms with Crippen molar-refractivity contribution in [2.45, 2.75) is 19.8 Å². The number of hydrazone groups is 1. The van der Waals surface area contributed by atoms with Crippen LogP contribution in [-0.4, -0.2) is 48.4 Å². The van der Waals surface area contributed by atoms with Gasteiger partial charge >= 0.3 is 5.97 Å². The van der Waals surface area contributed by atoms with E-state index in [4.69, 9.17) is 5.11 Å². The van der Waals surface area contributed by atoms with E-state index in [2.05, 4.69) is 52.7 Å². The molecule has 0 amide bonds. The van der Waals surface area contributed by atoms with E-state index < -0.39 is 5.97 Å². The number of carboxylic acid groups (broad SMARTS) is 1. The van der Waals surface area contributed by atoms with Crippen LogP contribution in [-0.2, 0) is 4.79 Å². The van der Waals surface area contributed by atoms with E-state index in [1.54, 1.807) is 0 Å². The lowest BCUT2D eigenvalue weighted by Crippen LogP contribution is -2.41. The molecule has 0 aliphatic carbocycles. The maximum Gasteiger partial charge on any atom is 0.307 e. The molecule has 2 N–H and O–H groups in total. The van der Waals surface area contributed by atoms with Crippen LogP contribution >= 0.6 is 0 Å². The molecule has 5 nitrogen and oxygen atoms in total. The number of hydrogen-bond acceptors (Lipinski definition) is 4. The molecule has 1 atom stereocenters. The molecule has 0 spiro atoms. The lowest BCUT2D eigenvalue weighted by Gasteiger charge is -2.30.